The standard InChI is InChI=1S/C5H7O2P4S.3CH3.Sn/c6-5(7-11(9)10-8)4-2-1-3-12-4;;;;/h2-3,10H,8-9H2;3*1H3;. The Hall–Kier alpha value is 1.69. The van der Waals surface area contributed by atoms with Crippen molar-refractivity contribution in [2.45, 2.75) is 14.8 Å². The van der Waals surface area contributed by atoms with E-state index in [0.717, 1.165) is 4.88 Å². The van der Waals surface area contributed by atoms with E-state index < -0.39 is 25.9 Å². The first-order valence-corrected chi connectivity index (χ1v) is 22.1. The molecule has 1 heterocycles. The molecule has 0 saturated heterocycles. The van der Waals surface area contributed by atoms with Crippen molar-refractivity contribution in [3.63, 3.8) is 0 Å². The molecule has 0 fully saturated rings. The van der Waals surface area contributed by atoms with E-state index in [4.69, 9.17) is 4.52 Å². The Morgan fingerprint density at radius 1 is 1.56 bits per heavy atom. The fourth-order valence-electron chi connectivity index (χ4n) is 0.997. The zero-order chi connectivity index (χ0) is 12.3. The van der Waals surface area contributed by atoms with Gasteiger partial charge < -0.3 is 0 Å². The van der Waals surface area contributed by atoms with Gasteiger partial charge in [-0.25, -0.2) is 0 Å². The number of hydrogen-bond acceptors (Lipinski definition) is 3. The van der Waals surface area contributed by atoms with Crippen LogP contribution in [-0.4, -0.2) is 24.3 Å². The van der Waals surface area contributed by atoms with E-state index in [1.165, 1.54) is 14.9 Å². The van der Waals surface area contributed by atoms with Crippen molar-refractivity contribution in [3.8, 4) is 0 Å². The van der Waals surface area contributed by atoms with Gasteiger partial charge in [-0.15, -0.1) is 0 Å². The van der Waals surface area contributed by atoms with Crippen LogP contribution in [-0.2, 0) is 4.52 Å². The molecule has 0 N–H and O–H groups in total. The summed E-state index contributed by atoms with van der Waals surface area (Å²) in [6.07, 6.45) is 0. The Labute approximate surface area is 112 Å². The van der Waals surface area contributed by atoms with E-state index >= 15 is 0 Å². The third-order valence-corrected chi connectivity index (χ3v) is 17.5. The van der Waals surface area contributed by atoms with E-state index in [1.54, 1.807) is 0 Å². The summed E-state index contributed by atoms with van der Waals surface area (Å²) < 4.78 is 6.72. The van der Waals surface area contributed by atoms with Crippen LogP contribution in [0.5, 0.6) is 0 Å². The molecular weight excluding hydrogens is 403 g/mol. The second kappa shape index (κ2) is 6.74. The molecule has 1 aromatic rings. The first-order valence-electron chi connectivity index (χ1n) is 4.67. The van der Waals surface area contributed by atoms with Gasteiger partial charge in [-0.3, -0.25) is 0 Å². The molecule has 90 valence electrons. The van der Waals surface area contributed by atoms with Gasteiger partial charge in [0.15, 0.2) is 0 Å². The topological polar surface area (TPSA) is 26.3 Å². The van der Waals surface area contributed by atoms with Crippen molar-refractivity contribution in [1.82, 2.24) is 0 Å². The quantitative estimate of drug-likeness (QED) is 0.545. The summed E-state index contributed by atoms with van der Waals surface area (Å²) in [5.74, 6) is -0.164. The summed E-state index contributed by atoms with van der Waals surface area (Å²) in [7, 11) is 5.12. The summed E-state index contributed by atoms with van der Waals surface area (Å²) in [5.41, 5.74) is 0. The summed E-state index contributed by atoms with van der Waals surface area (Å²) >= 11 is -0.507. The zero-order valence-electron chi connectivity index (χ0n) is 9.48. The second-order valence-electron chi connectivity index (χ2n) is 4.28. The molecule has 0 aliphatic carbocycles. The average molecular weight is 419 g/mol. The van der Waals surface area contributed by atoms with Crippen LogP contribution in [0, 0.1) is 0 Å². The van der Waals surface area contributed by atoms with E-state index in [0.29, 0.717) is 7.96 Å². The molecule has 0 bridgehead atoms. The molecule has 4 unspecified atom stereocenters. The van der Waals surface area contributed by atoms with Crippen LogP contribution in [0.2, 0.25) is 14.8 Å². The molecule has 1 aromatic heterocycles. The van der Waals surface area contributed by atoms with Gasteiger partial charge in [-0.1, -0.05) is 0 Å². The summed E-state index contributed by atoms with van der Waals surface area (Å²) in [4.78, 5) is 19.6. The zero-order valence-corrected chi connectivity index (χ0v) is 17.4. The van der Waals surface area contributed by atoms with Gasteiger partial charge in [0.2, 0.25) is 0 Å². The van der Waals surface area contributed by atoms with Crippen LogP contribution in [0.4, 0.5) is 0 Å². The molecule has 0 aliphatic rings. The first-order chi connectivity index (χ1) is 7.34. The second-order valence-corrected chi connectivity index (χ2v) is 28.2. The predicted molar refractivity (Wildman–Crippen MR) is 87.4 cm³/mol. The Morgan fingerprint density at radius 3 is 2.62 bits per heavy atom. The molecular formula is C8H16O2P4SSn. The molecule has 16 heavy (non-hydrogen) atoms. The maximum atomic E-state index is 11.8. The van der Waals surface area contributed by atoms with Gasteiger partial charge in [0.05, 0.1) is 0 Å². The molecule has 0 amide bonds. The third kappa shape index (κ3) is 4.75. The van der Waals surface area contributed by atoms with Crippen molar-refractivity contribution in [1.29, 1.82) is 0 Å². The van der Waals surface area contributed by atoms with Crippen LogP contribution < -0.4 is 3.58 Å². The molecule has 0 aromatic carbocycles. The van der Waals surface area contributed by atoms with Crippen LogP contribution in [0.3, 0.4) is 0 Å². The van der Waals surface area contributed by atoms with E-state index in [1.807, 2.05) is 6.07 Å². The van der Waals surface area contributed by atoms with Crippen molar-refractivity contribution < 1.29 is 9.32 Å². The normalized spacial score (nSPS) is 14.3. The summed E-state index contributed by atoms with van der Waals surface area (Å²) in [6, 6.07) is 2.03. The fraction of sp³-hybridized carbons (Fsp3) is 0.375. The SMILES string of the molecule is [CH3][Sn]([CH3])([CH3])[c]1csc(C(=O)OP(P)PP)c1. The van der Waals surface area contributed by atoms with Gasteiger partial charge in [-0.05, 0) is 0 Å². The van der Waals surface area contributed by atoms with Crippen LogP contribution >= 0.6 is 44.7 Å². The minimum atomic E-state index is -2.02. The van der Waals surface area contributed by atoms with Crippen molar-refractivity contribution >= 4 is 72.6 Å². The van der Waals surface area contributed by atoms with Gasteiger partial charge >= 0.3 is 113 Å². The minimum absolute atomic E-state index is 0.164. The van der Waals surface area contributed by atoms with Crippen LogP contribution in [0.15, 0.2) is 11.4 Å². The molecule has 8 heteroatoms. The molecule has 1 rings (SSSR count). The van der Waals surface area contributed by atoms with Crippen molar-refractivity contribution in [3.05, 3.63) is 16.3 Å². The van der Waals surface area contributed by atoms with E-state index in [9.17, 15) is 4.79 Å². The first kappa shape index (κ1) is 15.7. The molecule has 4 atom stereocenters. The molecule has 0 radical (unpaired) electrons. The maximum absolute atomic E-state index is 11.8. The number of thiophene rings is 1. The Balaban J connectivity index is 2.75. The number of carbonyl (C=O) groups excluding carboxylic acids is 1. The fourth-order valence-corrected chi connectivity index (χ4v) is 9.04. The monoisotopic (exact) mass is 420 g/mol. The number of rotatable bonds is 4. The third-order valence-electron chi connectivity index (χ3n) is 1.98. The predicted octanol–water partition coefficient (Wildman–Crippen LogP) is 4.02. The van der Waals surface area contributed by atoms with E-state index in [-0.39, 0.29) is 5.97 Å². The van der Waals surface area contributed by atoms with Crippen LogP contribution in [0.25, 0.3) is 0 Å². The van der Waals surface area contributed by atoms with Gasteiger partial charge in [-0.2, -0.15) is 0 Å². The molecule has 0 saturated carbocycles. The van der Waals surface area contributed by atoms with Crippen molar-refractivity contribution in [2.75, 3.05) is 0 Å². The van der Waals surface area contributed by atoms with E-state index in [2.05, 4.69) is 38.1 Å². The van der Waals surface area contributed by atoms with Crippen molar-refractivity contribution in [2.24, 2.45) is 0 Å². The number of carbonyl (C=O) groups is 1. The average Bonchev–Trinajstić information content (AvgIpc) is 2.65. The number of hydrogen-bond donors (Lipinski definition) is 0. The Kier molecular flexibility index (Phi) is 6.63. The Bertz CT molecular complexity index is 376. The van der Waals surface area contributed by atoms with Gasteiger partial charge in [0.1, 0.15) is 0 Å². The molecule has 0 spiro atoms. The summed E-state index contributed by atoms with van der Waals surface area (Å²) in [6.45, 7) is 0. The molecule has 0 aliphatic heterocycles. The van der Waals surface area contributed by atoms with Gasteiger partial charge in [0.25, 0.3) is 0 Å². The molecule has 2 nitrogen and oxygen atoms in total. The summed E-state index contributed by atoms with van der Waals surface area (Å²) in [5, 5.41) is 2.13. The van der Waals surface area contributed by atoms with Crippen LogP contribution in [0.1, 0.15) is 9.67 Å². The van der Waals surface area contributed by atoms with Gasteiger partial charge in [0, 0.05) is 0 Å². The Morgan fingerprint density at radius 2 is 2.19 bits per heavy atom.